The van der Waals surface area contributed by atoms with Gasteiger partial charge in [-0.05, 0) is 12.5 Å². The second-order valence-corrected chi connectivity index (χ2v) is 3.86. The van der Waals surface area contributed by atoms with Crippen LogP contribution in [0.25, 0.3) is 0 Å². The quantitative estimate of drug-likeness (QED) is 0.727. The van der Waals surface area contributed by atoms with Crippen LogP contribution in [0.1, 0.15) is 12.8 Å². The Bertz CT molecular complexity index is 363. The molecular formula is C9H14N4O2. The van der Waals surface area contributed by atoms with Gasteiger partial charge in [-0.3, -0.25) is 10.1 Å². The summed E-state index contributed by atoms with van der Waals surface area (Å²) in [4.78, 5) is 11.8. The average Bonchev–Trinajstić information content (AvgIpc) is 2.75. The standard InChI is InChI=1S/C9H14N4O2/c1-5-3-10-4-7(5)8(14)11-9-13-12-6(2)15-9/h5,7,10H,3-4H2,1-2H3,(H,11,13,14). The summed E-state index contributed by atoms with van der Waals surface area (Å²) in [5, 5.41) is 13.1. The Kier molecular flexibility index (Phi) is 2.68. The maximum absolute atomic E-state index is 11.8. The number of rotatable bonds is 2. The van der Waals surface area contributed by atoms with Crippen molar-refractivity contribution >= 4 is 11.9 Å². The van der Waals surface area contributed by atoms with Crippen molar-refractivity contribution in [1.82, 2.24) is 15.5 Å². The summed E-state index contributed by atoms with van der Waals surface area (Å²) in [6.07, 6.45) is 0. The number of aryl methyl sites for hydroxylation is 1. The minimum absolute atomic E-state index is 0.0165. The van der Waals surface area contributed by atoms with Gasteiger partial charge in [-0.2, -0.15) is 0 Å². The summed E-state index contributed by atoms with van der Waals surface area (Å²) in [5.74, 6) is 0.713. The van der Waals surface area contributed by atoms with Gasteiger partial charge in [-0.1, -0.05) is 12.0 Å². The van der Waals surface area contributed by atoms with Crippen molar-refractivity contribution in [2.24, 2.45) is 11.8 Å². The maximum Gasteiger partial charge on any atom is 0.322 e. The van der Waals surface area contributed by atoms with Crippen molar-refractivity contribution in [3.8, 4) is 0 Å². The van der Waals surface area contributed by atoms with Gasteiger partial charge in [0.1, 0.15) is 0 Å². The highest BCUT2D eigenvalue weighted by atomic mass is 16.4. The molecule has 1 aromatic heterocycles. The molecule has 6 nitrogen and oxygen atoms in total. The number of amides is 1. The smallest absolute Gasteiger partial charge is 0.322 e. The first-order valence-electron chi connectivity index (χ1n) is 4.98. The Hall–Kier alpha value is -1.43. The molecule has 1 amide bonds. The highest BCUT2D eigenvalue weighted by molar-refractivity contribution is 5.91. The predicted octanol–water partition coefficient (Wildman–Crippen LogP) is 0.172. The molecule has 0 spiro atoms. The minimum atomic E-state index is -0.0591. The average molecular weight is 210 g/mol. The molecule has 15 heavy (non-hydrogen) atoms. The summed E-state index contributed by atoms with van der Waals surface area (Å²) in [5.41, 5.74) is 0. The zero-order chi connectivity index (χ0) is 10.8. The molecule has 0 aromatic carbocycles. The van der Waals surface area contributed by atoms with Crippen LogP contribution in [0.3, 0.4) is 0 Å². The predicted molar refractivity (Wildman–Crippen MR) is 53.2 cm³/mol. The summed E-state index contributed by atoms with van der Waals surface area (Å²) in [6, 6.07) is 0.177. The van der Waals surface area contributed by atoms with Crippen LogP contribution in [0, 0.1) is 18.8 Å². The number of hydrogen-bond acceptors (Lipinski definition) is 5. The highest BCUT2D eigenvalue weighted by Crippen LogP contribution is 2.17. The molecule has 82 valence electrons. The molecule has 1 aliphatic rings. The normalized spacial score (nSPS) is 25.5. The molecule has 2 N–H and O–H groups in total. The second-order valence-electron chi connectivity index (χ2n) is 3.86. The van der Waals surface area contributed by atoms with Crippen molar-refractivity contribution in [1.29, 1.82) is 0 Å². The third-order valence-corrected chi connectivity index (χ3v) is 2.61. The van der Waals surface area contributed by atoms with Gasteiger partial charge >= 0.3 is 6.01 Å². The summed E-state index contributed by atoms with van der Waals surface area (Å²) < 4.78 is 5.07. The number of nitrogens with one attached hydrogen (secondary N) is 2. The van der Waals surface area contributed by atoms with Crippen LogP contribution in [-0.4, -0.2) is 29.2 Å². The van der Waals surface area contributed by atoms with Gasteiger partial charge in [0.15, 0.2) is 0 Å². The Balaban J connectivity index is 1.97. The molecule has 0 aliphatic carbocycles. The topological polar surface area (TPSA) is 80.0 Å². The van der Waals surface area contributed by atoms with Gasteiger partial charge in [-0.15, -0.1) is 5.10 Å². The molecule has 6 heteroatoms. The zero-order valence-corrected chi connectivity index (χ0v) is 8.78. The third kappa shape index (κ3) is 2.15. The lowest BCUT2D eigenvalue weighted by Gasteiger charge is -2.11. The van der Waals surface area contributed by atoms with E-state index in [4.69, 9.17) is 4.42 Å². The van der Waals surface area contributed by atoms with E-state index in [2.05, 4.69) is 20.8 Å². The Morgan fingerprint density at radius 3 is 2.87 bits per heavy atom. The van der Waals surface area contributed by atoms with E-state index in [1.807, 2.05) is 6.92 Å². The van der Waals surface area contributed by atoms with Crippen molar-refractivity contribution in [3.63, 3.8) is 0 Å². The maximum atomic E-state index is 11.8. The molecule has 1 fully saturated rings. The summed E-state index contributed by atoms with van der Waals surface area (Å²) >= 11 is 0. The molecule has 2 atom stereocenters. The van der Waals surface area contributed by atoms with Crippen molar-refractivity contribution in [3.05, 3.63) is 5.89 Å². The van der Waals surface area contributed by atoms with Crippen LogP contribution < -0.4 is 10.6 Å². The molecule has 2 unspecified atom stereocenters. The lowest BCUT2D eigenvalue weighted by atomic mass is 9.97. The number of aromatic nitrogens is 2. The fraction of sp³-hybridized carbons (Fsp3) is 0.667. The molecule has 0 bridgehead atoms. The molecule has 1 saturated heterocycles. The van der Waals surface area contributed by atoms with Gasteiger partial charge in [0.2, 0.25) is 11.8 Å². The SMILES string of the molecule is Cc1nnc(NC(=O)C2CNCC2C)o1. The molecule has 0 saturated carbocycles. The van der Waals surface area contributed by atoms with E-state index in [1.54, 1.807) is 6.92 Å². The number of carbonyl (C=O) groups excluding carboxylic acids is 1. The van der Waals surface area contributed by atoms with E-state index in [-0.39, 0.29) is 17.8 Å². The molecule has 1 aliphatic heterocycles. The first kappa shape index (κ1) is 10.1. The van der Waals surface area contributed by atoms with Crippen LogP contribution >= 0.6 is 0 Å². The van der Waals surface area contributed by atoms with Gasteiger partial charge in [0.05, 0.1) is 5.92 Å². The Morgan fingerprint density at radius 1 is 1.53 bits per heavy atom. The van der Waals surface area contributed by atoms with E-state index < -0.39 is 0 Å². The monoisotopic (exact) mass is 210 g/mol. The van der Waals surface area contributed by atoms with E-state index >= 15 is 0 Å². The lowest BCUT2D eigenvalue weighted by molar-refractivity contribution is -0.120. The van der Waals surface area contributed by atoms with E-state index in [1.165, 1.54) is 0 Å². The number of anilines is 1. The zero-order valence-electron chi connectivity index (χ0n) is 8.78. The number of carbonyl (C=O) groups is 1. The van der Waals surface area contributed by atoms with Crippen LogP contribution in [0.5, 0.6) is 0 Å². The van der Waals surface area contributed by atoms with Crippen molar-refractivity contribution in [2.45, 2.75) is 13.8 Å². The Labute approximate surface area is 87.4 Å². The fourth-order valence-corrected chi connectivity index (χ4v) is 1.71. The highest BCUT2D eigenvalue weighted by Gasteiger charge is 2.30. The lowest BCUT2D eigenvalue weighted by Crippen LogP contribution is -2.27. The third-order valence-electron chi connectivity index (χ3n) is 2.61. The molecule has 2 rings (SSSR count). The van der Waals surface area contributed by atoms with E-state index in [0.717, 1.165) is 6.54 Å². The van der Waals surface area contributed by atoms with Crippen LogP contribution in [0.4, 0.5) is 6.01 Å². The van der Waals surface area contributed by atoms with Crippen molar-refractivity contribution in [2.75, 3.05) is 18.4 Å². The van der Waals surface area contributed by atoms with Gasteiger partial charge in [-0.25, -0.2) is 0 Å². The number of nitrogens with zero attached hydrogens (tertiary/aromatic N) is 2. The molecule has 1 aromatic rings. The first-order chi connectivity index (χ1) is 7.16. The van der Waals surface area contributed by atoms with Gasteiger partial charge < -0.3 is 9.73 Å². The second kappa shape index (κ2) is 3.98. The summed E-state index contributed by atoms with van der Waals surface area (Å²) in [7, 11) is 0. The summed E-state index contributed by atoms with van der Waals surface area (Å²) in [6.45, 7) is 5.31. The van der Waals surface area contributed by atoms with E-state index in [9.17, 15) is 4.79 Å². The fourth-order valence-electron chi connectivity index (χ4n) is 1.71. The Morgan fingerprint density at radius 2 is 2.33 bits per heavy atom. The van der Waals surface area contributed by atoms with Gasteiger partial charge in [0.25, 0.3) is 0 Å². The molecule has 0 radical (unpaired) electrons. The minimum Gasteiger partial charge on any atom is -0.408 e. The first-order valence-corrected chi connectivity index (χ1v) is 4.98. The van der Waals surface area contributed by atoms with Crippen LogP contribution in [-0.2, 0) is 4.79 Å². The number of hydrogen-bond donors (Lipinski definition) is 2. The molecular weight excluding hydrogens is 196 g/mol. The van der Waals surface area contributed by atoms with Crippen LogP contribution in [0.15, 0.2) is 4.42 Å². The largest absolute Gasteiger partial charge is 0.408 e. The van der Waals surface area contributed by atoms with Gasteiger partial charge in [0, 0.05) is 13.5 Å². The molecule has 2 heterocycles. The van der Waals surface area contributed by atoms with Crippen LogP contribution in [0.2, 0.25) is 0 Å². The van der Waals surface area contributed by atoms with E-state index in [0.29, 0.717) is 18.4 Å². The van der Waals surface area contributed by atoms with Crippen molar-refractivity contribution < 1.29 is 9.21 Å².